The Morgan fingerprint density at radius 2 is 1.12 bits per heavy atom. The van der Waals surface area contributed by atoms with E-state index in [2.05, 4.69) is 80.1 Å². The van der Waals surface area contributed by atoms with E-state index in [1.165, 1.54) is 11.1 Å². The fraction of sp³-hybridized carbons (Fsp3) is 0.538. The highest BCUT2D eigenvalue weighted by Crippen LogP contribution is 2.23. The molecule has 2 rings (SSSR count). The first-order valence-corrected chi connectivity index (χ1v) is 14.0. The van der Waals surface area contributed by atoms with Gasteiger partial charge >= 0.3 is 0 Å². The van der Waals surface area contributed by atoms with Crippen molar-refractivity contribution in [3.63, 3.8) is 0 Å². The Morgan fingerprint density at radius 1 is 0.706 bits per heavy atom. The predicted octanol–water partition coefficient (Wildman–Crippen LogP) is 4.16. The molecule has 190 valence electrons. The first-order valence-electron chi connectivity index (χ1n) is 11.9. The highest BCUT2D eigenvalue weighted by atomic mass is 127. The van der Waals surface area contributed by atoms with Crippen molar-refractivity contribution in [3.05, 3.63) is 54.7 Å². The fourth-order valence-corrected chi connectivity index (χ4v) is 5.26. The second-order valence-corrected chi connectivity index (χ2v) is 10.7. The molecule has 2 aromatic rings. The van der Waals surface area contributed by atoms with Crippen molar-refractivity contribution in [1.82, 2.24) is 10.6 Å². The monoisotopic (exact) mass is 696 g/mol. The van der Waals surface area contributed by atoms with E-state index < -0.39 is 12.2 Å². The van der Waals surface area contributed by atoms with Crippen molar-refractivity contribution in [2.75, 3.05) is 40.4 Å². The molecule has 0 aliphatic carbocycles. The molecule has 0 fully saturated rings. The van der Waals surface area contributed by atoms with Crippen molar-refractivity contribution in [1.29, 1.82) is 0 Å². The topological polar surface area (TPSA) is 83.0 Å². The van der Waals surface area contributed by atoms with Gasteiger partial charge in [-0.15, -0.1) is 0 Å². The minimum absolute atomic E-state index is 0.402. The lowest BCUT2D eigenvalue weighted by Crippen LogP contribution is -2.42. The van der Waals surface area contributed by atoms with Gasteiger partial charge in [0.25, 0.3) is 0 Å². The van der Waals surface area contributed by atoms with Gasteiger partial charge in [0, 0.05) is 13.1 Å². The van der Waals surface area contributed by atoms with Gasteiger partial charge in [0.15, 0.2) is 0 Å². The molecule has 0 saturated heterocycles. The number of methoxy groups -OCH3 is 2. The number of unbranched alkanes of at least 4 members (excludes halogenated alkanes) is 2. The van der Waals surface area contributed by atoms with Crippen molar-refractivity contribution in [2.45, 2.75) is 50.7 Å². The summed E-state index contributed by atoms with van der Waals surface area (Å²) >= 11 is 4.59. The number of halogens is 2. The van der Waals surface area contributed by atoms with E-state index in [4.69, 9.17) is 9.47 Å². The minimum Gasteiger partial charge on any atom is -0.496 e. The van der Waals surface area contributed by atoms with Crippen LogP contribution in [-0.2, 0) is 12.8 Å². The van der Waals surface area contributed by atoms with Gasteiger partial charge < -0.3 is 30.3 Å². The van der Waals surface area contributed by atoms with Crippen molar-refractivity contribution in [2.24, 2.45) is 0 Å². The molecule has 8 heteroatoms. The van der Waals surface area contributed by atoms with E-state index >= 15 is 0 Å². The maximum Gasteiger partial charge on any atom is 0.132 e. The van der Waals surface area contributed by atoms with Crippen LogP contribution in [0, 0.1) is 7.14 Å². The van der Waals surface area contributed by atoms with Crippen LogP contribution in [0.4, 0.5) is 0 Å². The summed E-state index contributed by atoms with van der Waals surface area (Å²) in [6.45, 7) is 2.46. The maximum absolute atomic E-state index is 10.2. The molecule has 0 amide bonds. The third-order valence-electron chi connectivity index (χ3n) is 5.72. The van der Waals surface area contributed by atoms with Gasteiger partial charge in [0.2, 0.25) is 0 Å². The molecule has 2 unspecified atom stereocenters. The average molecular weight is 696 g/mol. The van der Waals surface area contributed by atoms with Crippen LogP contribution >= 0.6 is 45.2 Å². The van der Waals surface area contributed by atoms with Gasteiger partial charge in [-0.1, -0.05) is 12.1 Å². The summed E-state index contributed by atoms with van der Waals surface area (Å²) in [5.74, 6) is 1.83. The molecule has 0 saturated carbocycles. The number of hydrogen-bond donors (Lipinski definition) is 4. The Balaban J connectivity index is 1.48. The second-order valence-electron chi connectivity index (χ2n) is 8.39. The third-order valence-corrected chi connectivity index (χ3v) is 7.41. The van der Waals surface area contributed by atoms with E-state index in [1.807, 2.05) is 12.1 Å². The highest BCUT2D eigenvalue weighted by molar-refractivity contribution is 14.1. The number of aryl methyl sites for hydroxylation is 2. The summed E-state index contributed by atoms with van der Waals surface area (Å²) in [4.78, 5) is 0. The van der Waals surface area contributed by atoms with Gasteiger partial charge in [-0.05, 0) is 132 Å². The number of benzene rings is 2. The van der Waals surface area contributed by atoms with Gasteiger partial charge in [-0.25, -0.2) is 0 Å². The van der Waals surface area contributed by atoms with E-state index in [-0.39, 0.29) is 0 Å². The summed E-state index contributed by atoms with van der Waals surface area (Å²) < 4.78 is 12.9. The summed E-state index contributed by atoms with van der Waals surface area (Å²) in [5.41, 5.74) is 2.62. The number of aliphatic hydroxyl groups excluding tert-OH is 2. The Kier molecular flexibility index (Phi) is 14.7. The van der Waals surface area contributed by atoms with E-state index in [1.54, 1.807) is 14.2 Å². The predicted molar refractivity (Wildman–Crippen MR) is 155 cm³/mol. The van der Waals surface area contributed by atoms with E-state index in [0.717, 1.165) is 70.3 Å². The SMILES string of the molecule is COc1ccc(CCCCNCC(O)C(O)CNCCCCc2ccc(OC)c(I)c2)cc1I. The molecule has 0 aliphatic rings. The molecule has 0 heterocycles. The number of aliphatic hydroxyl groups is 2. The molecular weight excluding hydrogens is 658 g/mol. The second kappa shape index (κ2) is 16.9. The van der Waals surface area contributed by atoms with Crippen LogP contribution in [0.3, 0.4) is 0 Å². The molecule has 34 heavy (non-hydrogen) atoms. The first-order chi connectivity index (χ1) is 16.4. The lowest BCUT2D eigenvalue weighted by Gasteiger charge is -2.19. The fourth-order valence-electron chi connectivity index (χ4n) is 3.66. The third kappa shape index (κ3) is 10.9. The molecule has 2 atom stereocenters. The molecule has 0 aliphatic heterocycles. The highest BCUT2D eigenvalue weighted by Gasteiger charge is 2.15. The quantitative estimate of drug-likeness (QED) is 0.147. The molecule has 4 N–H and O–H groups in total. The largest absolute Gasteiger partial charge is 0.496 e. The normalized spacial score (nSPS) is 13.0. The summed E-state index contributed by atoms with van der Waals surface area (Å²) in [6, 6.07) is 12.6. The lowest BCUT2D eigenvalue weighted by atomic mass is 10.1. The van der Waals surface area contributed by atoms with Crippen LogP contribution in [0.2, 0.25) is 0 Å². The van der Waals surface area contributed by atoms with Gasteiger partial charge in [0.1, 0.15) is 11.5 Å². The van der Waals surface area contributed by atoms with Crippen LogP contribution in [0.15, 0.2) is 36.4 Å². The molecule has 0 spiro atoms. The molecular formula is C26H38I2N2O4. The lowest BCUT2D eigenvalue weighted by molar-refractivity contribution is 0.0210. The average Bonchev–Trinajstić information content (AvgIpc) is 2.83. The van der Waals surface area contributed by atoms with Crippen molar-refractivity contribution < 1.29 is 19.7 Å². The summed E-state index contributed by atoms with van der Waals surface area (Å²) in [7, 11) is 3.38. The standard InChI is InChI=1S/C26H38I2N2O4/c1-33-25-11-9-19(15-21(25)27)7-3-5-13-29-17-23(31)24(32)18-30-14-6-4-8-20-10-12-26(34-2)22(28)16-20/h9-12,15-16,23-24,29-32H,3-8,13-14,17-18H2,1-2H3. The Hall–Kier alpha value is -0.660. The van der Waals surface area contributed by atoms with Crippen molar-refractivity contribution in [3.8, 4) is 11.5 Å². The number of rotatable bonds is 17. The van der Waals surface area contributed by atoms with Gasteiger partial charge in [-0.3, -0.25) is 0 Å². The zero-order valence-corrected chi connectivity index (χ0v) is 24.5. The number of ether oxygens (including phenoxy) is 2. The summed E-state index contributed by atoms with van der Waals surface area (Å²) in [6.07, 6.45) is 4.71. The molecule has 6 nitrogen and oxygen atoms in total. The maximum atomic E-state index is 10.2. The Labute approximate surface area is 231 Å². The zero-order valence-electron chi connectivity index (χ0n) is 20.2. The van der Waals surface area contributed by atoms with Gasteiger partial charge in [0.05, 0.1) is 33.6 Å². The van der Waals surface area contributed by atoms with E-state index in [9.17, 15) is 10.2 Å². The van der Waals surface area contributed by atoms with Crippen LogP contribution < -0.4 is 20.1 Å². The van der Waals surface area contributed by atoms with Crippen LogP contribution in [0.25, 0.3) is 0 Å². The Bertz CT molecular complexity index is 784. The smallest absolute Gasteiger partial charge is 0.132 e. The molecule has 2 aromatic carbocycles. The minimum atomic E-state index is -0.767. The van der Waals surface area contributed by atoms with Gasteiger partial charge in [-0.2, -0.15) is 0 Å². The summed E-state index contributed by atoms with van der Waals surface area (Å²) in [5, 5.41) is 26.9. The first kappa shape index (κ1) is 29.6. The van der Waals surface area contributed by atoms with Crippen LogP contribution in [-0.4, -0.2) is 62.8 Å². The van der Waals surface area contributed by atoms with Crippen molar-refractivity contribution >= 4 is 45.2 Å². The number of hydrogen-bond acceptors (Lipinski definition) is 6. The molecule has 0 radical (unpaired) electrons. The zero-order chi connectivity index (χ0) is 24.8. The van der Waals surface area contributed by atoms with Crippen LogP contribution in [0.5, 0.6) is 11.5 Å². The van der Waals surface area contributed by atoms with Crippen LogP contribution in [0.1, 0.15) is 36.8 Å². The number of nitrogens with one attached hydrogen (secondary N) is 2. The Morgan fingerprint density at radius 3 is 1.47 bits per heavy atom. The molecule has 0 aromatic heterocycles. The van der Waals surface area contributed by atoms with E-state index in [0.29, 0.717) is 13.1 Å². The molecule has 0 bridgehead atoms.